The first-order valence-electron chi connectivity index (χ1n) is 5.55. The van der Waals surface area contributed by atoms with Crippen molar-refractivity contribution < 1.29 is 14.7 Å². The summed E-state index contributed by atoms with van der Waals surface area (Å²) >= 11 is 0. The van der Waals surface area contributed by atoms with Crippen LogP contribution in [-0.4, -0.2) is 11.8 Å². The van der Waals surface area contributed by atoms with E-state index in [2.05, 4.69) is 13.8 Å². The molecule has 0 amide bonds. The first-order valence-corrected chi connectivity index (χ1v) is 5.55. The van der Waals surface area contributed by atoms with Crippen molar-refractivity contribution in [2.24, 2.45) is 22.7 Å². The van der Waals surface area contributed by atoms with Crippen molar-refractivity contribution >= 4 is 11.8 Å². The first-order chi connectivity index (χ1) is 6.80. The Balaban J connectivity index is 2.34. The maximum atomic E-state index is 12.1. The highest BCUT2D eigenvalue weighted by molar-refractivity contribution is 5.93. The average Bonchev–Trinajstić information content (AvgIpc) is 2.40. The molecule has 3 heteroatoms. The van der Waals surface area contributed by atoms with Gasteiger partial charge in [0.15, 0.2) is 0 Å². The van der Waals surface area contributed by atoms with E-state index < -0.39 is 5.97 Å². The van der Waals surface area contributed by atoms with Crippen LogP contribution in [-0.2, 0) is 9.59 Å². The number of ketones is 1. The number of rotatable bonds is 2. The monoisotopic (exact) mass is 209 g/mol. The van der Waals surface area contributed by atoms with Crippen molar-refractivity contribution in [3.63, 3.8) is 0 Å². The SMILES string of the molecule is CC1(C)[C@H]2CC[C@]1(C)C(=O)[C@@H]2CC(=O)[O-]. The third-order valence-corrected chi connectivity index (χ3v) is 5.06. The molecule has 2 fully saturated rings. The molecule has 0 saturated heterocycles. The van der Waals surface area contributed by atoms with Gasteiger partial charge in [-0.15, -0.1) is 0 Å². The molecule has 0 spiro atoms. The molecule has 0 aromatic heterocycles. The number of hydrogen-bond acceptors (Lipinski definition) is 3. The quantitative estimate of drug-likeness (QED) is 0.675. The molecule has 0 aromatic carbocycles. The molecule has 3 atom stereocenters. The normalized spacial score (nSPS) is 42.2. The van der Waals surface area contributed by atoms with Crippen LogP contribution in [0.1, 0.15) is 40.0 Å². The van der Waals surface area contributed by atoms with Gasteiger partial charge in [0.1, 0.15) is 5.78 Å². The molecule has 0 N–H and O–H groups in total. The van der Waals surface area contributed by atoms with E-state index >= 15 is 0 Å². The van der Waals surface area contributed by atoms with Crippen molar-refractivity contribution in [3.8, 4) is 0 Å². The molecule has 2 aliphatic rings. The Bertz CT molecular complexity index is 332. The third kappa shape index (κ3) is 1.12. The Hall–Kier alpha value is -0.860. The molecular formula is C12H17O3-. The molecule has 3 nitrogen and oxygen atoms in total. The van der Waals surface area contributed by atoms with Crippen LogP contribution in [0.15, 0.2) is 0 Å². The molecule has 0 aromatic rings. The van der Waals surface area contributed by atoms with Crippen LogP contribution in [0.5, 0.6) is 0 Å². The standard InChI is InChI=1S/C12H18O3/c1-11(2)8-4-5-12(11,3)10(15)7(8)6-9(13)14/h7-8H,4-6H2,1-3H3,(H,13,14)/p-1/t7-,8+,12-/m1/s1. The fraction of sp³-hybridized carbons (Fsp3) is 0.833. The summed E-state index contributed by atoms with van der Waals surface area (Å²) in [7, 11) is 0. The highest BCUT2D eigenvalue weighted by Crippen LogP contribution is 2.66. The second kappa shape index (κ2) is 2.83. The molecule has 0 unspecified atom stereocenters. The number of carbonyl (C=O) groups excluding carboxylic acids is 2. The second-order valence-electron chi connectivity index (χ2n) is 5.75. The van der Waals surface area contributed by atoms with Crippen LogP contribution >= 0.6 is 0 Å². The van der Waals surface area contributed by atoms with Crippen LogP contribution in [0, 0.1) is 22.7 Å². The van der Waals surface area contributed by atoms with E-state index in [1.165, 1.54) is 0 Å². The third-order valence-electron chi connectivity index (χ3n) is 5.06. The van der Waals surface area contributed by atoms with Gasteiger partial charge in [0.2, 0.25) is 0 Å². The van der Waals surface area contributed by atoms with Gasteiger partial charge in [0.25, 0.3) is 0 Å². The zero-order chi connectivity index (χ0) is 11.4. The summed E-state index contributed by atoms with van der Waals surface area (Å²) in [4.78, 5) is 22.8. The maximum Gasteiger partial charge on any atom is 0.143 e. The van der Waals surface area contributed by atoms with Gasteiger partial charge in [-0.25, -0.2) is 0 Å². The summed E-state index contributed by atoms with van der Waals surface area (Å²) in [5.41, 5.74) is -0.359. The summed E-state index contributed by atoms with van der Waals surface area (Å²) in [5, 5.41) is 10.6. The molecule has 2 bridgehead atoms. The van der Waals surface area contributed by atoms with Gasteiger partial charge in [-0.05, 0) is 30.6 Å². The molecule has 15 heavy (non-hydrogen) atoms. The van der Waals surface area contributed by atoms with Gasteiger partial charge in [0.05, 0.1) is 0 Å². The number of carboxylic acids is 1. The Morgan fingerprint density at radius 1 is 1.47 bits per heavy atom. The van der Waals surface area contributed by atoms with E-state index in [-0.39, 0.29) is 34.9 Å². The van der Waals surface area contributed by atoms with Gasteiger partial charge in [-0.1, -0.05) is 20.8 Å². The highest BCUT2D eigenvalue weighted by Gasteiger charge is 2.65. The second-order valence-corrected chi connectivity index (χ2v) is 5.75. The summed E-state index contributed by atoms with van der Waals surface area (Å²) < 4.78 is 0. The van der Waals surface area contributed by atoms with Crippen LogP contribution in [0.4, 0.5) is 0 Å². The van der Waals surface area contributed by atoms with Gasteiger partial charge in [-0.2, -0.15) is 0 Å². The molecule has 0 radical (unpaired) electrons. The Kier molecular flexibility index (Phi) is 2.01. The number of aliphatic carboxylic acids is 1. The highest BCUT2D eigenvalue weighted by atomic mass is 16.4. The van der Waals surface area contributed by atoms with E-state index in [0.717, 1.165) is 12.8 Å². The smallest absolute Gasteiger partial charge is 0.143 e. The van der Waals surface area contributed by atoms with E-state index in [0.29, 0.717) is 0 Å². The number of carboxylic acid groups (broad SMARTS) is 1. The van der Waals surface area contributed by atoms with E-state index in [1.54, 1.807) is 0 Å². The van der Waals surface area contributed by atoms with Crippen molar-refractivity contribution in [2.75, 3.05) is 0 Å². The van der Waals surface area contributed by atoms with Crippen LogP contribution in [0.25, 0.3) is 0 Å². The number of hydrogen-bond donors (Lipinski definition) is 0. The number of Topliss-reactive ketones (excluding diaryl/α,β-unsaturated/α-hetero) is 1. The Morgan fingerprint density at radius 2 is 2.07 bits per heavy atom. The van der Waals surface area contributed by atoms with Crippen molar-refractivity contribution in [1.82, 2.24) is 0 Å². The van der Waals surface area contributed by atoms with E-state index in [9.17, 15) is 14.7 Å². The van der Waals surface area contributed by atoms with Crippen molar-refractivity contribution in [3.05, 3.63) is 0 Å². The predicted octanol–water partition coefficient (Wildman–Crippen LogP) is 0.768. The topological polar surface area (TPSA) is 57.2 Å². The lowest BCUT2D eigenvalue weighted by molar-refractivity contribution is -0.306. The minimum atomic E-state index is -1.10. The molecule has 0 aliphatic heterocycles. The predicted molar refractivity (Wildman–Crippen MR) is 52.7 cm³/mol. The van der Waals surface area contributed by atoms with E-state index in [1.807, 2.05) is 6.92 Å². The van der Waals surface area contributed by atoms with Crippen LogP contribution in [0.3, 0.4) is 0 Å². The first kappa shape index (κ1) is 10.7. The molecule has 2 saturated carbocycles. The van der Waals surface area contributed by atoms with Gasteiger partial charge in [-0.3, -0.25) is 4.79 Å². The Labute approximate surface area is 89.9 Å². The lowest BCUT2D eigenvalue weighted by atomic mass is 9.70. The van der Waals surface area contributed by atoms with Gasteiger partial charge in [0, 0.05) is 17.3 Å². The zero-order valence-corrected chi connectivity index (χ0v) is 9.50. The summed E-state index contributed by atoms with van der Waals surface area (Å²) in [6, 6.07) is 0. The lowest BCUT2D eigenvalue weighted by Gasteiger charge is -2.32. The molecular weight excluding hydrogens is 192 g/mol. The minimum Gasteiger partial charge on any atom is -0.550 e. The van der Waals surface area contributed by atoms with Crippen molar-refractivity contribution in [2.45, 2.75) is 40.0 Å². The lowest BCUT2D eigenvalue weighted by Crippen LogP contribution is -2.35. The van der Waals surface area contributed by atoms with E-state index in [4.69, 9.17) is 0 Å². The molecule has 2 rings (SSSR count). The van der Waals surface area contributed by atoms with Crippen molar-refractivity contribution in [1.29, 1.82) is 0 Å². The van der Waals surface area contributed by atoms with Gasteiger partial charge >= 0.3 is 0 Å². The van der Waals surface area contributed by atoms with Crippen LogP contribution < -0.4 is 5.11 Å². The fourth-order valence-corrected chi connectivity index (χ4v) is 3.69. The summed E-state index contributed by atoms with van der Waals surface area (Å²) in [5.74, 6) is -1.02. The largest absolute Gasteiger partial charge is 0.550 e. The zero-order valence-electron chi connectivity index (χ0n) is 9.50. The van der Waals surface area contributed by atoms with Crippen LogP contribution in [0.2, 0.25) is 0 Å². The average molecular weight is 209 g/mol. The molecule has 0 heterocycles. The van der Waals surface area contributed by atoms with Gasteiger partial charge < -0.3 is 9.90 Å². The summed E-state index contributed by atoms with van der Waals surface area (Å²) in [6.07, 6.45) is 1.79. The Morgan fingerprint density at radius 3 is 2.47 bits per heavy atom. The minimum absolute atomic E-state index is 0.0514. The maximum absolute atomic E-state index is 12.1. The number of carbonyl (C=O) groups is 2. The summed E-state index contributed by atoms with van der Waals surface area (Å²) in [6.45, 7) is 6.18. The molecule has 84 valence electrons. The fourth-order valence-electron chi connectivity index (χ4n) is 3.69. The number of fused-ring (bicyclic) bond motifs is 2. The molecule has 2 aliphatic carbocycles.